The molecule has 6 heteroatoms. The van der Waals surface area contributed by atoms with E-state index in [1.165, 1.54) is 9.80 Å². The maximum absolute atomic E-state index is 12.1. The summed E-state index contributed by atoms with van der Waals surface area (Å²) < 4.78 is 0. The van der Waals surface area contributed by atoms with Crippen LogP contribution >= 0.6 is 0 Å². The lowest BCUT2D eigenvalue weighted by Crippen LogP contribution is -2.43. The second-order valence-corrected chi connectivity index (χ2v) is 4.51. The van der Waals surface area contributed by atoms with E-state index in [0.29, 0.717) is 11.4 Å². The van der Waals surface area contributed by atoms with Crippen molar-refractivity contribution >= 4 is 29.1 Å². The molecule has 100 valence electrons. The second kappa shape index (κ2) is 5.09. The molecule has 1 aliphatic rings. The first-order valence-electron chi connectivity index (χ1n) is 5.88. The van der Waals surface area contributed by atoms with Crippen LogP contribution in [0.5, 0.6) is 0 Å². The van der Waals surface area contributed by atoms with Crippen molar-refractivity contribution in [1.29, 1.82) is 0 Å². The molecule has 0 aliphatic carbocycles. The third-order valence-corrected chi connectivity index (χ3v) is 2.87. The zero-order valence-corrected chi connectivity index (χ0v) is 10.8. The van der Waals surface area contributed by atoms with Gasteiger partial charge >= 0.3 is 0 Å². The van der Waals surface area contributed by atoms with E-state index in [4.69, 9.17) is 0 Å². The predicted molar refractivity (Wildman–Crippen MR) is 70.7 cm³/mol. The Balaban J connectivity index is 2.23. The highest BCUT2D eigenvalue weighted by atomic mass is 16.2. The largest absolute Gasteiger partial charge is 0.348 e. The summed E-state index contributed by atoms with van der Waals surface area (Å²) in [6, 6.07) is 7.02. The summed E-state index contributed by atoms with van der Waals surface area (Å²) in [5.74, 6) is -0.918. The molecule has 6 nitrogen and oxygen atoms in total. The van der Waals surface area contributed by atoms with Gasteiger partial charge in [-0.1, -0.05) is 12.1 Å². The summed E-state index contributed by atoms with van der Waals surface area (Å²) in [5.41, 5.74) is 1.21. The number of rotatable bonds is 2. The average Bonchev–Trinajstić information content (AvgIpc) is 2.37. The van der Waals surface area contributed by atoms with E-state index in [0.717, 1.165) is 0 Å². The van der Waals surface area contributed by atoms with Gasteiger partial charge in [0.25, 0.3) is 0 Å². The molecule has 1 N–H and O–H groups in total. The van der Waals surface area contributed by atoms with Gasteiger partial charge in [-0.2, -0.15) is 0 Å². The SMILES string of the molecule is CN(C)C(=O)CC(=O)N1CC(=O)Nc2ccccc21. The summed E-state index contributed by atoms with van der Waals surface area (Å²) in [4.78, 5) is 37.9. The summed E-state index contributed by atoms with van der Waals surface area (Å²) in [6.45, 7) is -0.0590. The van der Waals surface area contributed by atoms with Crippen molar-refractivity contribution in [2.24, 2.45) is 0 Å². The number of carbonyl (C=O) groups is 3. The Hall–Kier alpha value is -2.37. The van der Waals surface area contributed by atoms with Gasteiger partial charge in [0.15, 0.2) is 0 Å². The Morgan fingerprint density at radius 3 is 2.68 bits per heavy atom. The van der Waals surface area contributed by atoms with Crippen molar-refractivity contribution in [3.8, 4) is 0 Å². The van der Waals surface area contributed by atoms with E-state index >= 15 is 0 Å². The fraction of sp³-hybridized carbons (Fsp3) is 0.308. The first-order chi connectivity index (χ1) is 8.99. The third kappa shape index (κ3) is 2.73. The molecule has 0 bridgehead atoms. The van der Waals surface area contributed by atoms with Crippen molar-refractivity contribution in [1.82, 2.24) is 4.90 Å². The Morgan fingerprint density at radius 2 is 2.00 bits per heavy atom. The van der Waals surface area contributed by atoms with Crippen LogP contribution in [0.1, 0.15) is 6.42 Å². The number of amides is 3. The Labute approximate surface area is 111 Å². The Morgan fingerprint density at radius 1 is 1.32 bits per heavy atom. The van der Waals surface area contributed by atoms with Crippen LogP contribution < -0.4 is 10.2 Å². The van der Waals surface area contributed by atoms with Gasteiger partial charge in [-0.15, -0.1) is 0 Å². The van der Waals surface area contributed by atoms with Gasteiger partial charge in [0.2, 0.25) is 17.7 Å². The number of nitrogens with one attached hydrogen (secondary N) is 1. The number of fused-ring (bicyclic) bond motifs is 1. The van der Waals surface area contributed by atoms with Crippen LogP contribution in [0.2, 0.25) is 0 Å². The quantitative estimate of drug-likeness (QED) is 0.786. The zero-order chi connectivity index (χ0) is 14.0. The molecule has 0 unspecified atom stereocenters. The molecule has 0 spiro atoms. The number of hydrogen-bond acceptors (Lipinski definition) is 3. The smallest absolute Gasteiger partial charge is 0.244 e. The van der Waals surface area contributed by atoms with Gasteiger partial charge in [-0.3, -0.25) is 14.4 Å². The third-order valence-electron chi connectivity index (χ3n) is 2.87. The van der Waals surface area contributed by atoms with Crippen molar-refractivity contribution in [3.05, 3.63) is 24.3 Å². The summed E-state index contributed by atoms with van der Waals surface area (Å²) in [6.07, 6.45) is -0.241. The summed E-state index contributed by atoms with van der Waals surface area (Å²) in [5, 5.41) is 2.69. The number of nitrogens with zero attached hydrogens (tertiary/aromatic N) is 2. The lowest BCUT2D eigenvalue weighted by Gasteiger charge is -2.29. The maximum Gasteiger partial charge on any atom is 0.244 e. The molecule has 0 atom stereocenters. The highest BCUT2D eigenvalue weighted by molar-refractivity contribution is 6.13. The molecule has 1 aliphatic heterocycles. The Kier molecular flexibility index (Phi) is 3.50. The summed E-state index contributed by atoms with van der Waals surface area (Å²) >= 11 is 0. The van der Waals surface area contributed by atoms with Gasteiger partial charge < -0.3 is 15.1 Å². The lowest BCUT2D eigenvalue weighted by molar-refractivity contribution is -0.133. The molecular weight excluding hydrogens is 246 g/mol. The van der Waals surface area contributed by atoms with Crippen LogP contribution in [0, 0.1) is 0 Å². The van der Waals surface area contributed by atoms with Crippen LogP contribution in [0.3, 0.4) is 0 Å². The minimum atomic E-state index is -0.374. The predicted octanol–water partition coefficient (Wildman–Crippen LogP) is 0.450. The molecule has 1 heterocycles. The van der Waals surface area contributed by atoms with Gasteiger partial charge in [-0.05, 0) is 12.1 Å². The molecule has 3 amide bonds. The maximum atomic E-state index is 12.1. The number of hydrogen-bond donors (Lipinski definition) is 1. The van der Waals surface area contributed by atoms with Gasteiger partial charge in [0.1, 0.15) is 13.0 Å². The number of anilines is 2. The molecule has 0 radical (unpaired) electrons. The van der Waals surface area contributed by atoms with E-state index in [-0.39, 0.29) is 30.7 Å². The van der Waals surface area contributed by atoms with Crippen LogP contribution in [0.15, 0.2) is 24.3 Å². The Bertz CT molecular complexity index is 540. The lowest BCUT2D eigenvalue weighted by atomic mass is 10.1. The fourth-order valence-electron chi connectivity index (χ4n) is 1.84. The number of carbonyl (C=O) groups excluding carboxylic acids is 3. The van der Waals surface area contributed by atoms with Crippen LogP contribution in [-0.2, 0) is 14.4 Å². The minimum Gasteiger partial charge on any atom is -0.348 e. The molecule has 0 saturated carbocycles. The highest BCUT2D eigenvalue weighted by Crippen LogP contribution is 2.29. The van der Waals surface area contributed by atoms with Crippen LogP contribution in [-0.4, -0.2) is 43.3 Å². The van der Waals surface area contributed by atoms with Gasteiger partial charge in [-0.25, -0.2) is 0 Å². The second-order valence-electron chi connectivity index (χ2n) is 4.51. The normalized spacial score (nSPS) is 13.6. The van der Waals surface area contributed by atoms with Crippen LogP contribution in [0.25, 0.3) is 0 Å². The number of para-hydroxylation sites is 2. The van der Waals surface area contributed by atoms with E-state index in [2.05, 4.69) is 5.32 Å². The zero-order valence-electron chi connectivity index (χ0n) is 10.8. The topological polar surface area (TPSA) is 69.7 Å². The van der Waals surface area contributed by atoms with Crippen LogP contribution in [0.4, 0.5) is 11.4 Å². The van der Waals surface area contributed by atoms with E-state index in [9.17, 15) is 14.4 Å². The minimum absolute atomic E-state index is 0.0590. The summed E-state index contributed by atoms with van der Waals surface area (Å²) in [7, 11) is 3.18. The van der Waals surface area contributed by atoms with Gasteiger partial charge in [0.05, 0.1) is 11.4 Å². The molecule has 0 saturated heterocycles. The fourth-order valence-corrected chi connectivity index (χ4v) is 1.84. The van der Waals surface area contributed by atoms with E-state index in [1.807, 2.05) is 0 Å². The first kappa shape index (κ1) is 13.1. The molecular formula is C13H15N3O3. The van der Waals surface area contributed by atoms with E-state index < -0.39 is 0 Å². The van der Waals surface area contributed by atoms with Gasteiger partial charge in [0, 0.05) is 14.1 Å². The molecule has 0 fully saturated rings. The standard InChI is InChI=1S/C13H15N3O3/c1-15(2)12(18)7-13(19)16-8-11(17)14-9-5-3-4-6-10(9)16/h3-6H,7-8H2,1-2H3,(H,14,17). The first-order valence-corrected chi connectivity index (χ1v) is 5.88. The molecule has 2 rings (SSSR count). The van der Waals surface area contributed by atoms with Crippen molar-refractivity contribution in [2.45, 2.75) is 6.42 Å². The number of benzene rings is 1. The molecule has 1 aromatic rings. The molecule has 0 aromatic heterocycles. The van der Waals surface area contributed by atoms with Crippen molar-refractivity contribution in [2.75, 3.05) is 30.9 Å². The van der Waals surface area contributed by atoms with Crippen molar-refractivity contribution in [3.63, 3.8) is 0 Å². The van der Waals surface area contributed by atoms with E-state index in [1.54, 1.807) is 38.4 Å². The molecule has 1 aromatic carbocycles. The highest BCUT2D eigenvalue weighted by Gasteiger charge is 2.27. The average molecular weight is 261 g/mol. The monoisotopic (exact) mass is 261 g/mol. The molecule has 19 heavy (non-hydrogen) atoms. The van der Waals surface area contributed by atoms with Crippen molar-refractivity contribution < 1.29 is 14.4 Å².